The normalized spacial score (nSPS) is 12.9. The molecule has 17 heavy (non-hydrogen) atoms. The van der Waals surface area contributed by atoms with Gasteiger partial charge in [-0.05, 0) is 26.2 Å². The number of rotatable bonds is 13. The van der Waals surface area contributed by atoms with Crippen molar-refractivity contribution in [1.29, 1.82) is 0 Å². The molecular formula is C14H31NO2. The molecule has 0 fully saturated rings. The monoisotopic (exact) mass is 245 g/mol. The van der Waals surface area contributed by atoms with Crippen LogP contribution in [0.15, 0.2) is 0 Å². The predicted molar refractivity (Wildman–Crippen MR) is 73.1 cm³/mol. The molecule has 0 aromatic carbocycles. The minimum atomic E-state index is 0.317. The molecule has 0 amide bonds. The van der Waals surface area contributed by atoms with Crippen molar-refractivity contribution in [2.24, 2.45) is 0 Å². The summed E-state index contributed by atoms with van der Waals surface area (Å²) < 4.78 is 5.52. The first-order valence-electron chi connectivity index (χ1n) is 7.23. The molecule has 3 heteroatoms. The van der Waals surface area contributed by atoms with Crippen molar-refractivity contribution in [2.75, 3.05) is 19.9 Å². The van der Waals surface area contributed by atoms with E-state index in [1.54, 1.807) is 0 Å². The largest absolute Gasteiger partial charge is 0.396 e. The second kappa shape index (κ2) is 13.9. The van der Waals surface area contributed by atoms with E-state index in [-0.39, 0.29) is 0 Å². The number of hydrogen-bond acceptors (Lipinski definition) is 3. The van der Waals surface area contributed by atoms with Crippen molar-refractivity contribution in [3.63, 3.8) is 0 Å². The third kappa shape index (κ3) is 13.8. The number of ether oxygens (including phenoxy) is 1. The van der Waals surface area contributed by atoms with Crippen molar-refractivity contribution < 1.29 is 9.84 Å². The van der Waals surface area contributed by atoms with Gasteiger partial charge >= 0.3 is 0 Å². The maximum absolute atomic E-state index is 8.62. The highest BCUT2D eigenvalue weighted by Gasteiger charge is 1.99. The van der Waals surface area contributed by atoms with Gasteiger partial charge in [-0.1, -0.05) is 39.0 Å². The summed E-state index contributed by atoms with van der Waals surface area (Å²) in [6.07, 6.45) is 9.47. The van der Waals surface area contributed by atoms with E-state index in [1.807, 2.05) is 0 Å². The fourth-order valence-corrected chi connectivity index (χ4v) is 1.75. The van der Waals surface area contributed by atoms with E-state index in [2.05, 4.69) is 19.2 Å². The van der Waals surface area contributed by atoms with Crippen LogP contribution in [0.2, 0.25) is 0 Å². The molecule has 1 unspecified atom stereocenters. The molecule has 0 saturated heterocycles. The van der Waals surface area contributed by atoms with Gasteiger partial charge in [0.1, 0.15) is 0 Å². The lowest BCUT2D eigenvalue weighted by Gasteiger charge is -2.13. The third-order valence-corrected chi connectivity index (χ3v) is 2.97. The second-order valence-electron chi connectivity index (χ2n) is 4.79. The summed E-state index contributed by atoms with van der Waals surface area (Å²) in [4.78, 5) is 0. The number of nitrogens with one attached hydrogen (secondary N) is 1. The maximum Gasteiger partial charge on any atom is 0.0967 e. The van der Waals surface area contributed by atoms with Gasteiger partial charge in [0.25, 0.3) is 0 Å². The first-order chi connectivity index (χ1) is 8.31. The molecular weight excluding hydrogens is 214 g/mol. The van der Waals surface area contributed by atoms with Crippen molar-refractivity contribution >= 4 is 0 Å². The van der Waals surface area contributed by atoms with E-state index in [0.717, 1.165) is 32.3 Å². The SMILES string of the molecule is CCCCCC(C)NCOCCCCCCO. The van der Waals surface area contributed by atoms with Crippen molar-refractivity contribution in [3.05, 3.63) is 0 Å². The van der Waals surface area contributed by atoms with Gasteiger partial charge in [-0.2, -0.15) is 0 Å². The van der Waals surface area contributed by atoms with Gasteiger partial charge in [-0.25, -0.2) is 0 Å². The van der Waals surface area contributed by atoms with E-state index in [1.165, 1.54) is 25.7 Å². The number of aliphatic hydroxyl groups excluding tert-OH is 1. The molecule has 0 spiro atoms. The summed E-state index contributed by atoms with van der Waals surface area (Å²) >= 11 is 0. The molecule has 0 saturated carbocycles. The highest BCUT2D eigenvalue weighted by atomic mass is 16.5. The van der Waals surface area contributed by atoms with Crippen LogP contribution in [-0.2, 0) is 4.74 Å². The van der Waals surface area contributed by atoms with Crippen LogP contribution >= 0.6 is 0 Å². The molecule has 0 bridgehead atoms. The smallest absolute Gasteiger partial charge is 0.0967 e. The topological polar surface area (TPSA) is 41.5 Å². The molecule has 0 aliphatic carbocycles. The molecule has 0 aromatic heterocycles. The highest BCUT2D eigenvalue weighted by molar-refractivity contribution is 4.57. The molecule has 104 valence electrons. The zero-order chi connectivity index (χ0) is 12.8. The fraction of sp³-hybridized carbons (Fsp3) is 1.00. The van der Waals surface area contributed by atoms with Gasteiger partial charge in [-0.3, -0.25) is 5.32 Å². The van der Waals surface area contributed by atoms with Gasteiger partial charge < -0.3 is 9.84 Å². The van der Waals surface area contributed by atoms with Crippen LogP contribution in [0.5, 0.6) is 0 Å². The van der Waals surface area contributed by atoms with E-state index in [0.29, 0.717) is 19.4 Å². The van der Waals surface area contributed by atoms with E-state index >= 15 is 0 Å². The Morgan fingerprint density at radius 2 is 1.82 bits per heavy atom. The van der Waals surface area contributed by atoms with Crippen molar-refractivity contribution in [1.82, 2.24) is 5.32 Å². The Balaban J connectivity index is 3.05. The second-order valence-corrected chi connectivity index (χ2v) is 4.79. The van der Waals surface area contributed by atoms with E-state index in [4.69, 9.17) is 9.84 Å². The molecule has 0 rings (SSSR count). The Morgan fingerprint density at radius 3 is 2.53 bits per heavy atom. The van der Waals surface area contributed by atoms with Crippen LogP contribution in [0.25, 0.3) is 0 Å². The molecule has 0 aromatic rings. The average molecular weight is 245 g/mol. The first kappa shape index (κ1) is 16.9. The number of unbranched alkanes of at least 4 members (excludes halogenated alkanes) is 5. The summed E-state index contributed by atoms with van der Waals surface area (Å²) in [7, 11) is 0. The molecule has 2 N–H and O–H groups in total. The molecule has 0 aliphatic rings. The van der Waals surface area contributed by atoms with Crippen molar-refractivity contribution in [2.45, 2.75) is 71.3 Å². The summed E-state index contributed by atoms with van der Waals surface area (Å²) in [5.74, 6) is 0. The van der Waals surface area contributed by atoms with Crippen LogP contribution in [0.3, 0.4) is 0 Å². The molecule has 0 heterocycles. The lowest BCUT2D eigenvalue weighted by atomic mass is 10.1. The summed E-state index contributed by atoms with van der Waals surface area (Å²) in [5.41, 5.74) is 0. The van der Waals surface area contributed by atoms with Crippen LogP contribution in [0.1, 0.15) is 65.2 Å². The molecule has 1 atom stereocenters. The predicted octanol–water partition coefficient (Wildman–Crippen LogP) is 3.07. The Bertz CT molecular complexity index is 142. The molecule has 0 aliphatic heterocycles. The fourth-order valence-electron chi connectivity index (χ4n) is 1.75. The Morgan fingerprint density at radius 1 is 1.06 bits per heavy atom. The lowest BCUT2D eigenvalue weighted by molar-refractivity contribution is 0.104. The maximum atomic E-state index is 8.62. The van der Waals surface area contributed by atoms with E-state index < -0.39 is 0 Å². The minimum Gasteiger partial charge on any atom is -0.396 e. The molecule has 3 nitrogen and oxygen atoms in total. The van der Waals surface area contributed by atoms with Crippen LogP contribution in [-0.4, -0.2) is 31.1 Å². The van der Waals surface area contributed by atoms with E-state index in [9.17, 15) is 0 Å². The average Bonchev–Trinajstić information content (AvgIpc) is 2.33. The Labute approximate surface area is 107 Å². The standard InChI is InChI=1S/C14H31NO2/c1-3-4-7-10-14(2)15-13-17-12-9-6-5-8-11-16/h14-16H,3-13H2,1-2H3. The first-order valence-corrected chi connectivity index (χ1v) is 7.23. The van der Waals surface area contributed by atoms with Crippen LogP contribution in [0, 0.1) is 0 Å². The van der Waals surface area contributed by atoms with Crippen molar-refractivity contribution in [3.8, 4) is 0 Å². The van der Waals surface area contributed by atoms with Gasteiger partial charge in [0.15, 0.2) is 0 Å². The van der Waals surface area contributed by atoms with Gasteiger partial charge in [0.2, 0.25) is 0 Å². The van der Waals surface area contributed by atoms with Crippen LogP contribution in [0.4, 0.5) is 0 Å². The van der Waals surface area contributed by atoms with Crippen LogP contribution < -0.4 is 5.32 Å². The highest BCUT2D eigenvalue weighted by Crippen LogP contribution is 2.02. The quantitative estimate of drug-likeness (QED) is 0.387. The summed E-state index contributed by atoms with van der Waals surface area (Å²) in [6.45, 7) is 6.28. The zero-order valence-corrected chi connectivity index (χ0v) is 11.7. The van der Waals surface area contributed by atoms with Gasteiger partial charge in [0, 0.05) is 19.3 Å². The molecule has 0 radical (unpaired) electrons. The summed E-state index contributed by atoms with van der Waals surface area (Å²) in [6, 6.07) is 0.566. The van der Waals surface area contributed by atoms with Gasteiger partial charge in [-0.15, -0.1) is 0 Å². The van der Waals surface area contributed by atoms with Gasteiger partial charge in [0.05, 0.1) is 6.73 Å². The number of hydrogen-bond donors (Lipinski definition) is 2. The lowest BCUT2D eigenvalue weighted by Crippen LogP contribution is -2.28. The minimum absolute atomic E-state index is 0.317. The summed E-state index contributed by atoms with van der Waals surface area (Å²) in [5, 5.41) is 12.0. The third-order valence-electron chi connectivity index (χ3n) is 2.97. The Kier molecular flexibility index (Phi) is 13.8. The Hall–Kier alpha value is -0.120. The number of aliphatic hydroxyl groups is 1. The zero-order valence-electron chi connectivity index (χ0n) is 11.7.